The number of rotatable bonds is 6. The molecule has 0 spiro atoms. The van der Waals surface area contributed by atoms with Crippen LogP contribution in [0.1, 0.15) is 12.8 Å². The molecule has 0 radical (unpaired) electrons. The third kappa shape index (κ3) is 4.91. The molecule has 128 valence electrons. The Morgan fingerprint density at radius 3 is 2.39 bits per heavy atom. The molecule has 0 atom stereocenters. The van der Waals surface area contributed by atoms with E-state index >= 15 is 0 Å². The minimum Gasteiger partial charge on any atom is -0.382 e. The quantitative estimate of drug-likeness (QED) is 0.730. The Kier molecular flexibility index (Phi) is 5.53. The molecule has 0 aliphatic carbocycles. The van der Waals surface area contributed by atoms with Gasteiger partial charge in [-0.3, -0.25) is 0 Å². The van der Waals surface area contributed by atoms with Gasteiger partial charge >= 0.3 is 10.1 Å². The van der Waals surface area contributed by atoms with Gasteiger partial charge in [-0.15, -0.1) is 0 Å². The number of hydrogen-bond donors (Lipinski definition) is 0. The first kappa shape index (κ1) is 16.7. The molecular formula is C16H23NO5S. The van der Waals surface area contributed by atoms with Crippen LogP contribution in [0.15, 0.2) is 30.3 Å². The van der Waals surface area contributed by atoms with E-state index in [1.54, 1.807) is 24.3 Å². The van der Waals surface area contributed by atoms with E-state index in [9.17, 15) is 8.42 Å². The Balaban J connectivity index is 1.42. The van der Waals surface area contributed by atoms with Crippen molar-refractivity contribution in [1.82, 2.24) is 4.90 Å². The van der Waals surface area contributed by atoms with Crippen molar-refractivity contribution in [1.29, 1.82) is 0 Å². The van der Waals surface area contributed by atoms with E-state index in [2.05, 4.69) is 4.90 Å². The fourth-order valence-electron chi connectivity index (χ4n) is 3.00. The summed E-state index contributed by atoms with van der Waals surface area (Å²) in [5.41, 5.74) is 0. The van der Waals surface area contributed by atoms with Crippen LogP contribution in [0.3, 0.4) is 0 Å². The number of ether oxygens (including phenoxy) is 2. The van der Waals surface area contributed by atoms with Crippen LogP contribution in [-0.2, 0) is 19.6 Å². The number of nitrogens with zero attached hydrogens (tertiary/aromatic N) is 1. The summed E-state index contributed by atoms with van der Waals surface area (Å²) in [6.07, 6.45) is 1.89. The summed E-state index contributed by atoms with van der Waals surface area (Å²) >= 11 is 0. The first-order chi connectivity index (χ1) is 11.1. The summed E-state index contributed by atoms with van der Waals surface area (Å²) in [7, 11) is -3.55. The zero-order chi connectivity index (χ0) is 16.1. The van der Waals surface area contributed by atoms with Crippen molar-refractivity contribution < 1.29 is 22.1 Å². The van der Waals surface area contributed by atoms with Gasteiger partial charge in [0.05, 0.1) is 19.0 Å². The minimum absolute atomic E-state index is 0.00297. The third-order valence-corrected chi connectivity index (χ3v) is 5.42. The molecule has 6 nitrogen and oxygen atoms in total. The Hall–Kier alpha value is -1.15. The lowest BCUT2D eigenvalue weighted by atomic mass is 9.96. The maximum absolute atomic E-state index is 12.0. The molecule has 0 saturated carbocycles. The highest BCUT2D eigenvalue weighted by Gasteiger charge is 2.30. The Morgan fingerprint density at radius 2 is 1.74 bits per heavy atom. The molecule has 0 N–H and O–H groups in total. The summed E-state index contributed by atoms with van der Waals surface area (Å²) in [6.45, 7) is 3.59. The van der Waals surface area contributed by atoms with E-state index < -0.39 is 10.1 Å². The minimum atomic E-state index is -3.55. The van der Waals surface area contributed by atoms with Crippen LogP contribution in [0.2, 0.25) is 0 Å². The summed E-state index contributed by atoms with van der Waals surface area (Å²) in [6, 6.07) is 8.61. The fourth-order valence-corrected chi connectivity index (χ4v) is 3.97. The topological polar surface area (TPSA) is 65.1 Å². The van der Waals surface area contributed by atoms with Crippen molar-refractivity contribution in [3.63, 3.8) is 0 Å². The molecule has 0 bridgehead atoms. The number of likely N-dealkylation sites (tertiary alicyclic amines) is 1. The van der Waals surface area contributed by atoms with Crippen LogP contribution in [0.5, 0.6) is 5.75 Å². The molecule has 2 aliphatic rings. The molecule has 2 saturated heterocycles. The SMILES string of the molecule is O=S(=O)(CCN1CCC(C2OCCO2)CC1)Oc1ccccc1. The van der Waals surface area contributed by atoms with Crippen LogP contribution < -0.4 is 4.18 Å². The number of benzene rings is 1. The summed E-state index contributed by atoms with van der Waals surface area (Å²) in [4.78, 5) is 2.16. The van der Waals surface area contributed by atoms with Crippen LogP contribution in [0, 0.1) is 5.92 Å². The zero-order valence-corrected chi connectivity index (χ0v) is 13.9. The van der Waals surface area contributed by atoms with E-state index in [1.165, 1.54) is 0 Å². The predicted molar refractivity (Wildman–Crippen MR) is 85.7 cm³/mol. The van der Waals surface area contributed by atoms with E-state index in [0.717, 1.165) is 25.9 Å². The highest BCUT2D eigenvalue weighted by molar-refractivity contribution is 7.87. The van der Waals surface area contributed by atoms with Crippen molar-refractivity contribution >= 4 is 10.1 Å². The summed E-state index contributed by atoms with van der Waals surface area (Å²) in [5.74, 6) is 0.788. The van der Waals surface area contributed by atoms with Gasteiger partial charge in [0.15, 0.2) is 6.29 Å². The van der Waals surface area contributed by atoms with Crippen molar-refractivity contribution in [3.8, 4) is 5.75 Å². The van der Waals surface area contributed by atoms with Crippen molar-refractivity contribution in [3.05, 3.63) is 30.3 Å². The monoisotopic (exact) mass is 341 g/mol. The third-order valence-electron chi connectivity index (χ3n) is 4.29. The molecule has 3 rings (SSSR count). The standard InChI is InChI=1S/C16H23NO5S/c18-23(19,22-15-4-2-1-3-5-15)13-10-17-8-6-14(7-9-17)16-20-11-12-21-16/h1-5,14,16H,6-13H2. The van der Waals surface area contributed by atoms with E-state index in [-0.39, 0.29) is 12.0 Å². The molecule has 2 aliphatic heterocycles. The van der Waals surface area contributed by atoms with Crippen LogP contribution in [0.25, 0.3) is 0 Å². The molecule has 2 heterocycles. The predicted octanol–water partition coefficient (Wildman–Crippen LogP) is 1.48. The molecular weight excluding hydrogens is 318 g/mol. The lowest BCUT2D eigenvalue weighted by molar-refractivity contribution is -0.0971. The van der Waals surface area contributed by atoms with E-state index in [4.69, 9.17) is 13.7 Å². The van der Waals surface area contributed by atoms with Gasteiger partial charge in [0, 0.05) is 12.5 Å². The normalized spacial score (nSPS) is 21.6. The van der Waals surface area contributed by atoms with Gasteiger partial charge < -0.3 is 18.6 Å². The fraction of sp³-hybridized carbons (Fsp3) is 0.625. The molecule has 23 heavy (non-hydrogen) atoms. The van der Waals surface area contributed by atoms with Crippen LogP contribution in [-0.4, -0.2) is 58.2 Å². The van der Waals surface area contributed by atoms with Gasteiger partial charge in [-0.1, -0.05) is 18.2 Å². The Morgan fingerprint density at radius 1 is 1.09 bits per heavy atom. The lowest BCUT2D eigenvalue weighted by Gasteiger charge is -2.33. The average Bonchev–Trinajstić information content (AvgIpc) is 3.09. The molecule has 7 heteroatoms. The van der Waals surface area contributed by atoms with Gasteiger partial charge in [0.25, 0.3) is 0 Å². The van der Waals surface area contributed by atoms with Crippen molar-refractivity contribution in [2.75, 3.05) is 38.6 Å². The molecule has 0 amide bonds. The number of piperidine rings is 1. The number of para-hydroxylation sites is 1. The smallest absolute Gasteiger partial charge is 0.310 e. The second kappa shape index (κ2) is 7.61. The number of hydrogen-bond acceptors (Lipinski definition) is 6. The lowest BCUT2D eigenvalue weighted by Crippen LogP contribution is -2.40. The first-order valence-electron chi connectivity index (χ1n) is 8.05. The largest absolute Gasteiger partial charge is 0.382 e. The van der Waals surface area contributed by atoms with Crippen LogP contribution in [0.4, 0.5) is 0 Å². The molecule has 0 aromatic heterocycles. The maximum Gasteiger partial charge on any atom is 0.310 e. The van der Waals surface area contributed by atoms with Gasteiger partial charge in [0.2, 0.25) is 0 Å². The maximum atomic E-state index is 12.0. The Bertz CT molecular complexity index is 578. The van der Waals surface area contributed by atoms with E-state index in [0.29, 0.717) is 31.4 Å². The highest BCUT2D eigenvalue weighted by atomic mass is 32.2. The van der Waals surface area contributed by atoms with Gasteiger partial charge in [-0.2, -0.15) is 8.42 Å². The zero-order valence-electron chi connectivity index (χ0n) is 13.1. The molecule has 1 aromatic carbocycles. The first-order valence-corrected chi connectivity index (χ1v) is 9.63. The van der Waals surface area contributed by atoms with Gasteiger partial charge in [0.1, 0.15) is 5.75 Å². The average molecular weight is 341 g/mol. The van der Waals surface area contributed by atoms with Crippen molar-refractivity contribution in [2.24, 2.45) is 5.92 Å². The second-order valence-corrected chi connectivity index (χ2v) is 7.64. The van der Waals surface area contributed by atoms with Crippen LogP contribution >= 0.6 is 0 Å². The molecule has 2 fully saturated rings. The Labute approximate surface area is 137 Å². The summed E-state index contributed by atoms with van der Waals surface area (Å²) in [5, 5.41) is 0. The van der Waals surface area contributed by atoms with Gasteiger partial charge in [-0.05, 0) is 38.1 Å². The van der Waals surface area contributed by atoms with Gasteiger partial charge in [-0.25, -0.2) is 0 Å². The molecule has 1 aromatic rings. The van der Waals surface area contributed by atoms with Crippen molar-refractivity contribution in [2.45, 2.75) is 19.1 Å². The summed E-state index contributed by atoms with van der Waals surface area (Å²) < 4.78 is 40.3. The second-order valence-electron chi connectivity index (χ2n) is 5.95. The molecule has 0 unspecified atom stereocenters. The van der Waals surface area contributed by atoms with E-state index in [1.807, 2.05) is 6.07 Å². The highest BCUT2D eigenvalue weighted by Crippen LogP contribution is 2.25.